The summed E-state index contributed by atoms with van der Waals surface area (Å²) in [5.74, 6) is -1.40. The van der Waals surface area contributed by atoms with Crippen LogP contribution in [0.15, 0.2) is 12.1 Å². The molecular formula is C8H6ClFN2O3. The summed E-state index contributed by atoms with van der Waals surface area (Å²) in [5.41, 5.74) is -0.661. The Balaban J connectivity index is 3.28. The molecule has 0 heterocycles. The number of halogens is 2. The zero-order valence-electron chi connectivity index (χ0n) is 7.58. The Morgan fingerprint density at radius 2 is 2.20 bits per heavy atom. The van der Waals surface area contributed by atoms with Crippen molar-refractivity contribution in [1.82, 2.24) is 0 Å². The molecule has 1 amide bonds. The fourth-order valence-electron chi connectivity index (χ4n) is 0.977. The Morgan fingerprint density at radius 3 is 2.67 bits per heavy atom. The van der Waals surface area contributed by atoms with Gasteiger partial charge in [-0.2, -0.15) is 0 Å². The van der Waals surface area contributed by atoms with E-state index in [1.54, 1.807) is 0 Å². The highest BCUT2D eigenvalue weighted by molar-refractivity contribution is 6.31. The maximum absolute atomic E-state index is 12.9. The summed E-state index contributed by atoms with van der Waals surface area (Å²) in [4.78, 5) is 20.4. The van der Waals surface area contributed by atoms with Crippen LogP contribution in [0.3, 0.4) is 0 Å². The van der Waals surface area contributed by atoms with Crippen molar-refractivity contribution in [3.8, 4) is 0 Å². The van der Waals surface area contributed by atoms with Crippen LogP contribution in [0, 0.1) is 15.9 Å². The monoisotopic (exact) mass is 232 g/mol. The summed E-state index contributed by atoms with van der Waals surface area (Å²) in [5, 5.41) is 12.4. The molecule has 15 heavy (non-hydrogen) atoms. The van der Waals surface area contributed by atoms with E-state index in [2.05, 4.69) is 5.32 Å². The molecule has 0 aliphatic heterocycles. The van der Waals surface area contributed by atoms with Gasteiger partial charge in [0, 0.05) is 6.92 Å². The number of nitro groups is 1. The molecule has 0 aromatic heterocycles. The van der Waals surface area contributed by atoms with Crippen molar-refractivity contribution < 1.29 is 14.1 Å². The first kappa shape index (κ1) is 11.4. The maximum atomic E-state index is 12.9. The van der Waals surface area contributed by atoms with Crippen LogP contribution >= 0.6 is 11.6 Å². The summed E-state index contributed by atoms with van der Waals surface area (Å²) >= 11 is 5.43. The van der Waals surface area contributed by atoms with Gasteiger partial charge in [0.05, 0.1) is 16.0 Å². The summed E-state index contributed by atoms with van der Waals surface area (Å²) in [6.07, 6.45) is 0. The van der Waals surface area contributed by atoms with Gasteiger partial charge in [0.15, 0.2) is 0 Å². The summed E-state index contributed by atoms with van der Waals surface area (Å²) in [6, 6.07) is 1.66. The standard InChI is InChI=1S/C8H6ClFN2O3/c1-4(13)11-7-2-5(9)6(10)3-8(7)12(14)15/h2-3H,1H3,(H,11,13). The molecule has 5 nitrogen and oxygen atoms in total. The van der Waals surface area contributed by atoms with Crippen LogP contribution in [0.5, 0.6) is 0 Å². The van der Waals surface area contributed by atoms with Crippen molar-refractivity contribution in [2.24, 2.45) is 0 Å². The Bertz CT molecular complexity index is 436. The lowest BCUT2D eigenvalue weighted by atomic mass is 10.2. The van der Waals surface area contributed by atoms with E-state index in [1.807, 2.05) is 0 Å². The average Bonchev–Trinajstić information content (AvgIpc) is 2.09. The summed E-state index contributed by atoms with van der Waals surface area (Å²) < 4.78 is 12.9. The van der Waals surface area contributed by atoms with Crippen molar-refractivity contribution >= 4 is 28.9 Å². The minimum atomic E-state index is -0.905. The quantitative estimate of drug-likeness (QED) is 0.628. The molecule has 7 heteroatoms. The number of hydrogen-bond donors (Lipinski definition) is 1. The average molecular weight is 233 g/mol. The van der Waals surface area contributed by atoms with E-state index in [0.717, 1.165) is 6.07 Å². The molecule has 0 spiro atoms. The topological polar surface area (TPSA) is 72.2 Å². The first-order valence-corrected chi connectivity index (χ1v) is 4.20. The van der Waals surface area contributed by atoms with Crippen LogP contribution in [0.2, 0.25) is 5.02 Å². The largest absolute Gasteiger partial charge is 0.321 e. The van der Waals surface area contributed by atoms with Crippen LogP contribution < -0.4 is 5.32 Å². The van der Waals surface area contributed by atoms with E-state index in [4.69, 9.17) is 11.6 Å². The summed E-state index contributed by atoms with van der Waals surface area (Å²) in [6.45, 7) is 1.18. The van der Waals surface area contributed by atoms with Gasteiger partial charge in [-0.25, -0.2) is 4.39 Å². The fourth-order valence-corrected chi connectivity index (χ4v) is 1.14. The molecule has 0 bridgehead atoms. The predicted octanol–water partition coefficient (Wildman–Crippen LogP) is 2.35. The molecule has 0 saturated carbocycles. The highest BCUT2D eigenvalue weighted by atomic mass is 35.5. The van der Waals surface area contributed by atoms with Crippen LogP contribution in [0.4, 0.5) is 15.8 Å². The number of carbonyl (C=O) groups excluding carboxylic acids is 1. The summed E-state index contributed by atoms with van der Waals surface area (Å²) in [7, 11) is 0. The number of rotatable bonds is 2. The number of hydrogen-bond acceptors (Lipinski definition) is 3. The highest BCUT2D eigenvalue weighted by Crippen LogP contribution is 2.30. The van der Waals surface area contributed by atoms with Crippen LogP contribution in [-0.2, 0) is 4.79 Å². The van der Waals surface area contributed by atoms with E-state index in [1.165, 1.54) is 6.92 Å². The van der Waals surface area contributed by atoms with E-state index in [-0.39, 0.29) is 10.7 Å². The van der Waals surface area contributed by atoms with Crippen molar-refractivity contribution in [1.29, 1.82) is 0 Å². The van der Waals surface area contributed by atoms with Gasteiger partial charge in [-0.05, 0) is 6.07 Å². The number of benzene rings is 1. The van der Waals surface area contributed by atoms with Crippen LogP contribution in [-0.4, -0.2) is 10.8 Å². The molecule has 0 aliphatic rings. The second-order valence-corrected chi connectivity index (χ2v) is 3.13. The van der Waals surface area contributed by atoms with Gasteiger partial charge in [-0.1, -0.05) is 11.6 Å². The molecule has 1 N–H and O–H groups in total. The third kappa shape index (κ3) is 2.63. The smallest absolute Gasteiger partial charge is 0.295 e. The van der Waals surface area contributed by atoms with Crippen molar-refractivity contribution in [3.05, 3.63) is 33.1 Å². The molecule has 0 aliphatic carbocycles. The van der Waals surface area contributed by atoms with Crippen molar-refractivity contribution in [2.45, 2.75) is 6.92 Å². The van der Waals surface area contributed by atoms with Gasteiger partial charge in [0.2, 0.25) is 5.91 Å². The van der Waals surface area contributed by atoms with E-state index < -0.39 is 22.3 Å². The fraction of sp³-hybridized carbons (Fsp3) is 0.125. The predicted molar refractivity (Wildman–Crippen MR) is 52.4 cm³/mol. The Hall–Kier alpha value is -1.69. The highest BCUT2D eigenvalue weighted by Gasteiger charge is 2.18. The normalized spacial score (nSPS) is 9.80. The Morgan fingerprint density at radius 1 is 1.60 bits per heavy atom. The maximum Gasteiger partial charge on any atom is 0.295 e. The molecule has 1 aromatic carbocycles. The minimum Gasteiger partial charge on any atom is -0.321 e. The van der Waals surface area contributed by atoms with Gasteiger partial charge in [0.1, 0.15) is 11.5 Å². The lowest BCUT2D eigenvalue weighted by Crippen LogP contribution is -2.08. The zero-order valence-corrected chi connectivity index (χ0v) is 8.34. The lowest BCUT2D eigenvalue weighted by molar-refractivity contribution is -0.384. The van der Waals surface area contributed by atoms with Crippen molar-refractivity contribution in [3.63, 3.8) is 0 Å². The number of carbonyl (C=O) groups is 1. The molecule has 0 saturated heterocycles. The molecular weight excluding hydrogens is 227 g/mol. The molecule has 0 radical (unpaired) electrons. The number of nitrogens with zero attached hydrogens (tertiary/aromatic N) is 1. The second-order valence-electron chi connectivity index (χ2n) is 2.72. The first-order chi connectivity index (χ1) is 6.91. The molecule has 80 valence electrons. The zero-order chi connectivity index (χ0) is 11.6. The molecule has 1 aromatic rings. The van der Waals surface area contributed by atoms with Crippen LogP contribution in [0.25, 0.3) is 0 Å². The molecule has 1 rings (SSSR count). The van der Waals surface area contributed by atoms with E-state index >= 15 is 0 Å². The van der Waals surface area contributed by atoms with E-state index in [9.17, 15) is 19.3 Å². The van der Waals surface area contributed by atoms with Gasteiger partial charge in [-0.15, -0.1) is 0 Å². The van der Waals surface area contributed by atoms with Crippen LogP contribution in [0.1, 0.15) is 6.92 Å². The lowest BCUT2D eigenvalue weighted by Gasteiger charge is -2.04. The number of anilines is 1. The SMILES string of the molecule is CC(=O)Nc1cc(Cl)c(F)cc1[N+](=O)[O-]. The second kappa shape index (κ2) is 4.22. The molecule has 0 atom stereocenters. The minimum absolute atomic E-state index is 0.126. The van der Waals surface area contributed by atoms with Gasteiger partial charge in [0.25, 0.3) is 5.69 Å². The Kier molecular flexibility index (Phi) is 3.21. The first-order valence-electron chi connectivity index (χ1n) is 3.83. The Labute approximate surface area is 89.0 Å². The van der Waals surface area contributed by atoms with E-state index in [0.29, 0.717) is 6.07 Å². The van der Waals surface area contributed by atoms with Gasteiger partial charge in [-0.3, -0.25) is 14.9 Å². The molecule has 0 fully saturated rings. The number of nitro benzene ring substituents is 1. The molecule has 0 unspecified atom stereocenters. The van der Waals surface area contributed by atoms with Crippen molar-refractivity contribution in [2.75, 3.05) is 5.32 Å². The number of amides is 1. The van der Waals surface area contributed by atoms with Gasteiger partial charge < -0.3 is 5.32 Å². The third-order valence-electron chi connectivity index (χ3n) is 1.55. The third-order valence-corrected chi connectivity index (χ3v) is 1.84. The van der Waals surface area contributed by atoms with Gasteiger partial charge >= 0.3 is 0 Å². The number of nitrogens with one attached hydrogen (secondary N) is 1.